The van der Waals surface area contributed by atoms with Gasteiger partial charge in [0.25, 0.3) is 0 Å². The van der Waals surface area contributed by atoms with E-state index < -0.39 is 36.2 Å². The summed E-state index contributed by atoms with van der Waals surface area (Å²) in [6.45, 7) is 3.52. The van der Waals surface area contributed by atoms with E-state index in [4.69, 9.17) is 33.1 Å². The number of amides is 3. The van der Waals surface area contributed by atoms with Crippen molar-refractivity contribution in [1.82, 2.24) is 14.7 Å². The van der Waals surface area contributed by atoms with E-state index in [-0.39, 0.29) is 43.7 Å². The summed E-state index contributed by atoms with van der Waals surface area (Å²) in [7, 11) is 0. The van der Waals surface area contributed by atoms with Gasteiger partial charge in [0.2, 0.25) is 11.8 Å². The molecule has 1 N–H and O–H groups in total. The van der Waals surface area contributed by atoms with Crippen LogP contribution in [0.15, 0.2) is 42.5 Å². The third kappa shape index (κ3) is 11.9. The number of hydrogen-bond acceptors (Lipinski definition) is 5. The van der Waals surface area contributed by atoms with Crippen LogP contribution in [0.5, 0.6) is 0 Å². The van der Waals surface area contributed by atoms with E-state index in [1.165, 1.54) is 17.0 Å². The summed E-state index contributed by atoms with van der Waals surface area (Å²) in [5, 5.41) is 7.84. The summed E-state index contributed by atoms with van der Waals surface area (Å²) in [5.74, 6) is -5.39. The molecule has 9 nitrogen and oxygen atoms in total. The first-order valence-electron chi connectivity index (χ1n) is 17.5. The first-order valence-corrected chi connectivity index (χ1v) is 18.3. The number of carboxylic acids is 1. The van der Waals surface area contributed by atoms with E-state index in [0.717, 1.165) is 50.9 Å². The van der Waals surface area contributed by atoms with Crippen molar-refractivity contribution in [3.8, 4) is 0 Å². The molecule has 2 aromatic carbocycles. The molecular weight excluding hydrogens is 772 g/mol. The number of aliphatic carboxylic acids is 1. The fraction of sp³-hybridized carbons (Fsp3) is 0.556. The van der Waals surface area contributed by atoms with Crippen molar-refractivity contribution in [2.45, 2.75) is 69.8 Å². The molecule has 54 heavy (non-hydrogen) atoms. The van der Waals surface area contributed by atoms with Crippen LogP contribution in [0.2, 0.25) is 10.0 Å². The maximum absolute atomic E-state index is 13.9. The SMILES string of the molecule is O=C(O)C(F)(F)F.O=C([C@@H]1CCCN1C(=O)C(F)(F)F)N1CCC(C(=O)N(CCCN2CCC(Cc3ccc(F)cc3)CC2)c2ccc(Cl)c(Cl)c2)CC1. The van der Waals surface area contributed by atoms with E-state index >= 15 is 0 Å². The summed E-state index contributed by atoms with van der Waals surface area (Å²) in [5.41, 5.74) is 1.78. The van der Waals surface area contributed by atoms with Crippen LogP contribution in [0.25, 0.3) is 0 Å². The number of nitrogens with zero attached hydrogens (tertiary/aromatic N) is 4. The van der Waals surface area contributed by atoms with Gasteiger partial charge in [0.15, 0.2) is 0 Å². The molecule has 0 aromatic heterocycles. The number of piperidine rings is 2. The maximum Gasteiger partial charge on any atom is 0.490 e. The summed E-state index contributed by atoms with van der Waals surface area (Å²) < 4.78 is 84.3. The van der Waals surface area contributed by atoms with Crippen molar-refractivity contribution < 1.29 is 55.0 Å². The topological polar surface area (TPSA) is 101 Å². The first kappa shape index (κ1) is 43.1. The lowest BCUT2D eigenvalue weighted by molar-refractivity contribution is -0.192. The van der Waals surface area contributed by atoms with Crippen LogP contribution in [0.3, 0.4) is 0 Å². The number of hydrogen-bond donors (Lipinski definition) is 1. The van der Waals surface area contributed by atoms with Gasteiger partial charge < -0.3 is 24.7 Å². The second kappa shape index (κ2) is 18.8. The van der Waals surface area contributed by atoms with Crippen molar-refractivity contribution >= 4 is 52.6 Å². The van der Waals surface area contributed by atoms with Gasteiger partial charge >= 0.3 is 24.2 Å². The lowest BCUT2D eigenvalue weighted by atomic mass is 9.90. The predicted molar refractivity (Wildman–Crippen MR) is 186 cm³/mol. The van der Waals surface area contributed by atoms with Gasteiger partial charge in [0.05, 0.1) is 10.0 Å². The molecule has 5 rings (SSSR count). The average Bonchev–Trinajstić information content (AvgIpc) is 3.62. The van der Waals surface area contributed by atoms with E-state index in [9.17, 15) is 45.1 Å². The molecule has 3 amide bonds. The fourth-order valence-corrected chi connectivity index (χ4v) is 7.34. The molecular formula is C36H41Cl2F7N4O5. The molecule has 0 aliphatic carbocycles. The number of carbonyl (C=O) groups excluding carboxylic acids is 3. The van der Waals surface area contributed by atoms with Gasteiger partial charge in [-0.2, -0.15) is 26.3 Å². The van der Waals surface area contributed by atoms with Crippen LogP contribution in [-0.4, -0.2) is 108 Å². The highest BCUT2D eigenvalue weighted by Crippen LogP contribution is 2.32. The predicted octanol–water partition coefficient (Wildman–Crippen LogP) is 7.24. The summed E-state index contributed by atoms with van der Waals surface area (Å²) >= 11 is 12.5. The molecule has 1 atom stereocenters. The Morgan fingerprint density at radius 3 is 1.96 bits per heavy atom. The smallest absolute Gasteiger partial charge is 0.475 e. The lowest BCUT2D eigenvalue weighted by Crippen LogP contribution is -2.53. The van der Waals surface area contributed by atoms with Gasteiger partial charge in [-0.15, -0.1) is 0 Å². The fourth-order valence-electron chi connectivity index (χ4n) is 7.05. The minimum Gasteiger partial charge on any atom is -0.475 e. The quantitative estimate of drug-likeness (QED) is 0.268. The number of rotatable bonds is 9. The molecule has 0 bridgehead atoms. The Bertz CT molecular complexity index is 1610. The third-order valence-corrected chi connectivity index (χ3v) is 10.7. The van der Waals surface area contributed by atoms with Gasteiger partial charge in [-0.05, 0) is 113 Å². The number of carbonyl (C=O) groups is 4. The van der Waals surface area contributed by atoms with Crippen LogP contribution >= 0.6 is 23.2 Å². The summed E-state index contributed by atoms with van der Waals surface area (Å²) in [6.07, 6.45) is -5.10. The highest BCUT2D eigenvalue weighted by Gasteiger charge is 2.48. The second-order valence-electron chi connectivity index (χ2n) is 13.6. The second-order valence-corrected chi connectivity index (χ2v) is 14.4. The highest BCUT2D eigenvalue weighted by atomic mass is 35.5. The molecule has 2 aromatic rings. The number of alkyl halides is 6. The monoisotopic (exact) mass is 812 g/mol. The number of carboxylic acid groups (broad SMARTS) is 1. The first-order chi connectivity index (χ1) is 25.3. The molecule has 3 saturated heterocycles. The van der Waals surface area contributed by atoms with Gasteiger partial charge in [-0.25, -0.2) is 9.18 Å². The number of benzene rings is 2. The molecule has 3 heterocycles. The summed E-state index contributed by atoms with van der Waals surface area (Å²) in [4.78, 5) is 54.2. The van der Waals surface area contributed by atoms with Crippen LogP contribution < -0.4 is 4.90 Å². The third-order valence-electron chi connectivity index (χ3n) is 9.92. The van der Waals surface area contributed by atoms with Gasteiger partial charge in [0, 0.05) is 37.8 Å². The number of halogens is 9. The zero-order valence-corrected chi connectivity index (χ0v) is 30.7. The Morgan fingerprint density at radius 1 is 0.796 bits per heavy atom. The van der Waals surface area contributed by atoms with Gasteiger partial charge in [-0.3, -0.25) is 14.4 Å². The Kier molecular flexibility index (Phi) is 15.0. The zero-order chi connectivity index (χ0) is 39.8. The van der Waals surface area contributed by atoms with E-state index in [0.29, 0.717) is 52.4 Å². The van der Waals surface area contributed by atoms with Gasteiger partial charge in [-0.1, -0.05) is 35.3 Å². The molecule has 18 heteroatoms. The molecule has 298 valence electrons. The number of likely N-dealkylation sites (tertiary alicyclic amines) is 3. The Morgan fingerprint density at radius 2 is 1.41 bits per heavy atom. The normalized spacial score (nSPS) is 18.9. The van der Waals surface area contributed by atoms with Crippen molar-refractivity contribution in [2.75, 3.05) is 50.7 Å². The van der Waals surface area contributed by atoms with Crippen molar-refractivity contribution in [2.24, 2.45) is 11.8 Å². The van der Waals surface area contributed by atoms with E-state index in [1.54, 1.807) is 23.1 Å². The van der Waals surface area contributed by atoms with Crippen LogP contribution in [0.1, 0.15) is 50.5 Å². The average molecular weight is 814 g/mol. The molecule has 3 aliphatic heterocycles. The van der Waals surface area contributed by atoms with Crippen molar-refractivity contribution in [1.29, 1.82) is 0 Å². The minimum absolute atomic E-state index is 0.0942. The maximum atomic E-state index is 13.9. The van der Waals surface area contributed by atoms with Crippen LogP contribution in [0, 0.1) is 17.7 Å². The molecule has 3 fully saturated rings. The largest absolute Gasteiger partial charge is 0.490 e. The highest BCUT2D eigenvalue weighted by molar-refractivity contribution is 6.42. The molecule has 0 spiro atoms. The van der Waals surface area contributed by atoms with Gasteiger partial charge in [0.1, 0.15) is 11.9 Å². The van der Waals surface area contributed by atoms with Crippen molar-refractivity contribution in [3.63, 3.8) is 0 Å². The molecule has 0 saturated carbocycles. The van der Waals surface area contributed by atoms with Crippen LogP contribution in [-0.2, 0) is 25.6 Å². The number of anilines is 1. The van der Waals surface area contributed by atoms with Crippen LogP contribution in [0.4, 0.5) is 36.4 Å². The minimum atomic E-state index is -5.08. The zero-order valence-electron chi connectivity index (χ0n) is 29.2. The van der Waals surface area contributed by atoms with Crippen molar-refractivity contribution in [3.05, 3.63) is 63.9 Å². The Labute approximate surface area is 317 Å². The lowest BCUT2D eigenvalue weighted by Gasteiger charge is -2.37. The molecule has 3 aliphatic rings. The van der Waals surface area contributed by atoms with E-state index in [2.05, 4.69) is 4.90 Å². The summed E-state index contributed by atoms with van der Waals surface area (Å²) in [6, 6.07) is 10.7. The Hall–Kier alpha value is -3.63. The Balaban J connectivity index is 0.000000845. The standard InChI is InChI=1S/C34H40Cl2F4N4O3.C2HF3O2/c35-28-9-8-27(22-29(28)36)43(16-2-14-41-17-10-24(11-18-41)21-23-4-6-26(37)7-5-23)31(45)25-12-19-42(20-13-25)32(46)30-3-1-15-44(30)33(47)34(38,39)40;3-2(4,5)1(6)7/h4-9,22,24-25,30H,1-3,10-21H2;(H,6,7)/t30-;/m0./s1. The molecule has 0 unspecified atom stereocenters. The molecule has 0 radical (unpaired) electrons. The van der Waals surface area contributed by atoms with E-state index in [1.807, 2.05) is 12.1 Å².